The molecule has 0 saturated heterocycles. The van der Waals surface area contributed by atoms with E-state index in [1.54, 1.807) is 24.4 Å². The van der Waals surface area contributed by atoms with Crippen LogP contribution in [0.15, 0.2) is 34.9 Å². The summed E-state index contributed by atoms with van der Waals surface area (Å²) < 4.78 is 6.39. The van der Waals surface area contributed by atoms with Crippen molar-refractivity contribution in [3.63, 3.8) is 0 Å². The number of benzene rings is 1. The molecular weight excluding hydrogens is 304 g/mol. The van der Waals surface area contributed by atoms with E-state index in [1.807, 2.05) is 13.0 Å². The van der Waals surface area contributed by atoms with Gasteiger partial charge in [0.1, 0.15) is 5.75 Å². The minimum absolute atomic E-state index is 0.458. The highest BCUT2D eigenvalue weighted by atomic mass is 79.9. The van der Waals surface area contributed by atoms with Gasteiger partial charge in [-0.25, -0.2) is 4.98 Å². The first kappa shape index (κ1) is 12.2. The highest BCUT2D eigenvalue weighted by Gasteiger charge is 2.07. The van der Waals surface area contributed by atoms with Gasteiger partial charge in [-0.15, -0.1) is 0 Å². The summed E-state index contributed by atoms with van der Waals surface area (Å²) >= 11 is 9.40. The van der Waals surface area contributed by atoms with Crippen molar-refractivity contribution in [1.29, 1.82) is 0 Å². The zero-order chi connectivity index (χ0) is 12.4. The van der Waals surface area contributed by atoms with Gasteiger partial charge in [-0.05, 0) is 52.7 Å². The number of nitrogen functional groups attached to an aromatic ring is 1. The molecule has 1 aromatic heterocycles. The summed E-state index contributed by atoms with van der Waals surface area (Å²) in [6, 6.07) is 7.00. The molecule has 0 amide bonds. The normalized spacial score (nSPS) is 10.3. The first-order valence-electron chi connectivity index (χ1n) is 4.91. The van der Waals surface area contributed by atoms with Crippen LogP contribution in [0.4, 0.5) is 5.69 Å². The van der Waals surface area contributed by atoms with Crippen LogP contribution in [0.2, 0.25) is 5.02 Å². The first-order valence-corrected chi connectivity index (χ1v) is 6.08. The van der Waals surface area contributed by atoms with Gasteiger partial charge in [-0.1, -0.05) is 11.6 Å². The SMILES string of the molecule is Cc1cnc(Oc2ccc(N)cc2Cl)c(Br)c1. The molecule has 0 radical (unpaired) electrons. The number of ether oxygens (including phenoxy) is 1. The van der Waals surface area contributed by atoms with Gasteiger partial charge in [0.05, 0.1) is 9.50 Å². The van der Waals surface area contributed by atoms with Crippen LogP contribution in [0.5, 0.6) is 11.6 Å². The van der Waals surface area contributed by atoms with Crippen LogP contribution in [0.3, 0.4) is 0 Å². The predicted octanol–water partition coefficient (Wildman–Crippen LogP) is 4.18. The second-order valence-electron chi connectivity index (χ2n) is 3.59. The van der Waals surface area contributed by atoms with Gasteiger partial charge in [0, 0.05) is 11.9 Å². The monoisotopic (exact) mass is 312 g/mol. The van der Waals surface area contributed by atoms with Crippen molar-refractivity contribution < 1.29 is 4.74 Å². The second kappa shape index (κ2) is 4.94. The Morgan fingerprint density at radius 2 is 2.12 bits per heavy atom. The average molecular weight is 314 g/mol. The van der Waals surface area contributed by atoms with E-state index >= 15 is 0 Å². The molecule has 2 aromatic rings. The highest BCUT2D eigenvalue weighted by molar-refractivity contribution is 9.10. The quantitative estimate of drug-likeness (QED) is 0.846. The molecule has 0 spiro atoms. The Hall–Kier alpha value is -1.26. The van der Waals surface area contributed by atoms with E-state index < -0.39 is 0 Å². The number of anilines is 1. The van der Waals surface area contributed by atoms with Gasteiger partial charge in [0.25, 0.3) is 0 Å². The summed E-state index contributed by atoms with van der Waals surface area (Å²) in [7, 11) is 0. The minimum atomic E-state index is 0.458. The van der Waals surface area contributed by atoms with Crippen molar-refractivity contribution in [1.82, 2.24) is 4.98 Å². The Morgan fingerprint density at radius 1 is 1.35 bits per heavy atom. The molecule has 0 atom stereocenters. The maximum absolute atomic E-state index is 6.01. The maximum Gasteiger partial charge on any atom is 0.233 e. The van der Waals surface area contributed by atoms with E-state index in [2.05, 4.69) is 20.9 Å². The van der Waals surface area contributed by atoms with Crippen LogP contribution in [0, 0.1) is 6.92 Å². The Labute approximate surface area is 113 Å². The summed E-state index contributed by atoms with van der Waals surface area (Å²) in [6.07, 6.45) is 1.73. The molecule has 1 heterocycles. The topological polar surface area (TPSA) is 48.1 Å². The number of pyridine rings is 1. The summed E-state index contributed by atoms with van der Waals surface area (Å²) in [5.74, 6) is 1.00. The molecule has 0 bridgehead atoms. The molecule has 0 unspecified atom stereocenters. The predicted molar refractivity (Wildman–Crippen MR) is 72.6 cm³/mol. The van der Waals surface area contributed by atoms with Crippen LogP contribution in [-0.4, -0.2) is 4.98 Å². The number of rotatable bonds is 2. The number of aromatic nitrogens is 1. The van der Waals surface area contributed by atoms with E-state index in [-0.39, 0.29) is 0 Å². The van der Waals surface area contributed by atoms with Crippen molar-refractivity contribution in [2.45, 2.75) is 6.92 Å². The molecule has 0 aliphatic heterocycles. The molecule has 0 saturated carbocycles. The minimum Gasteiger partial charge on any atom is -0.436 e. The molecule has 17 heavy (non-hydrogen) atoms. The molecule has 2 rings (SSSR count). The molecule has 5 heteroatoms. The lowest BCUT2D eigenvalue weighted by Crippen LogP contribution is -1.92. The molecule has 1 aromatic carbocycles. The first-order chi connectivity index (χ1) is 8.06. The number of nitrogens with zero attached hydrogens (tertiary/aromatic N) is 1. The van der Waals surface area contributed by atoms with Gasteiger partial charge in [-0.2, -0.15) is 0 Å². The van der Waals surface area contributed by atoms with Crippen molar-refractivity contribution in [3.05, 3.63) is 45.5 Å². The summed E-state index contributed by atoms with van der Waals surface area (Å²) in [4.78, 5) is 4.18. The molecule has 88 valence electrons. The third-order valence-corrected chi connectivity index (χ3v) is 2.97. The van der Waals surface area contributed by atoms with Gasteiger partial charge in [0.15, 0.2) is 0 Å². The summed E-state index contributed by atoms with van der Waals surface area (Å²) in [5, 5.41) is 0.458. The molecule has 3 nitrogen and oxygen atoms in total. The molecule has 0 fully saturated rings. The molecular formula is C12H10BrClN2O. The van der Waals surface area contributed by atoms with Gasteiger partial charge in [0.2, 0.25) is 5.88 Å². The number of hydrogen-bond acceptors (Lipinski definition) is 3. The lowest BCUT2D eigenvalue weighted by atomic mass is 10.3. The zero-order valence-corrected chi connectivity index (χ0v) is 11.4. The Kier molecular flexibility index (Phi) is 3.54. The molecule has 0 aliphatic carbocycles. The number of nitrogens with two attached hydrogens (primary N) is 1. The van der Waals surface area contributed by atoms with E-state index in [9.17, 15) is 0 Å². The zero-order valence-electron chi connectivity index (χ0n) is 9.08. The number of aryl methyl sites for hydroxylation is 1. The van der Waals surface area contributed by atoms with Gasteiger partial charge in [-0.3, -0.25) is 0 Å². The van der Waals surface area contributed by atoms with Crippen LogP contribution >= 0.6 is 27.5 Å². The lowest BCUT2D eigenvalue weighted by molar-refractivity contribution is 0.459. The van der Waals surface area contributed by atoms with Crippen molar-refractivity contribution in [2.75, 3.05) is 5.73 Å². The Bertz CT molecular complexity index is 511. The van der Waals surface area contributed by atoms with E-state index in [0.29, 0.717) is 22.3 Å². The summed E-state index contributed by atoms with van der Waals surface area (Å²) in [6.45, 7) is 1.96. The smallest absolute Gasteiger partial charge is 0.233 e. The Balaban J connectivity index is 2.31. The van der Waals surface area contributed by atoms with Crippen molar-refractivity contribution in [3.8, 4) is 11.6 Å². The second-order valence-corrected chi connectivity index (χ2v) is 4.85. The maximum atomic E-state index is 6.01. The fourth-order valence-corrected chi connectivity index (χ4v) is 2.07. The third-order valence-electron chi connectivity index (χ3n) is 2.11. The largest absolute Gasteiger partial charge is 0.436 e. The average Bonchev–Trinajstić information content (AvgIpc) is 2.25. The molecule has 2 N–H and O–H groups in total. The number of hydrogen-bond donors (Lipinski definition) is 1. The molecule has 0 aliphatic rings. The highest BCUT2D eigenvalue weighted by Crippen LogP contribution is 2.33. The van der Waals surface area contributed by atoms with Crippen molar-refractivity contribution in [2.24, 2.45) is 0 Å². The van der Waals surface area contributed by atoms with E-state index in [1.165, 1.54) is 0 Å². The van der Waals surface area contributed by atoms with Gasteiger partial charge >= 0.3 is 0 Å². The van der Waals surface area contributed by atoms with Crippen LogP contribution in [-0.2, 0) is 0 Å². The van der Waals surface area contributed by atoms with E-state index in [0.717, 1.165) is 10.0 Å². The van der Waals surface area contributed by atoms with Gasteiger partial charge < -0.3 is 10.5 Å². The van der Waals surface area contributed by atoms with Crippen LogP contribution in [0.1, 0.15) is 5.56 Å². The van der Waals surface area contributed by atoms with Crippen LogP contribution in [0.25, 0.3) is 0 Å². The fraction of sp³-hybridized carbons (Fsp3) is 0.0833. The van der Waals surface area contributed by atoms with Crippen molar-refractivity contribution >= 4 is 33.2 Å². The fourth-order valence-electron chi connectivity index (χ4n) is 1.30. The Morgan fingerprint density at radius 3 is 2.76 bits per heavy atom. The standard InChI is InChI=1S/C12H10BrClN2O/c1-7-4-9(13)12(16-6-7)17-11-3-2-8(15)5-10(11)14/h2-6H,15H2,1H3. The summed E-state index contributed by atoms with van der Waals surface area (Å²) in [5.41, 5.74) is 7.25. The third kappa shape index (κ3) is 2.90. The van der Waals surface area contributed by atoms with E-state index in [4.69, 9.17) is 22.1 Å². The van der Waals surface area contributed by atoms with Crippen LogP contribution < -0.4 is 10.5 Å². The lowest BCUT2D eigenvalue weighted by Gasteiger charge is -2.08. The number of halogens is 2.